The zero-order valence-corrected chi connectivity index (χ0v) is 10.1. The van der Waals surface area contributed by atoms with E-state index >= 15 is 0 Å². The highest BCUT2D eigenvalue weighted by molar-refractivity contribution is 5.02. The van der Waals surface area contributed by atoms with Crippen LogP contribution in [0, 0.1) is 0 Å². The Morgan fingerprint density at radius 3 is 3.19 bits per heavy atom. The highest BCUT2D eigenvalue weighted by Gasteiger charge is 2.23. The van der Waals surface area contributed by atoms with Crippen molar-refractivity contribution in [2.75, 3.05) is 20.1 Å². The van der Waals surface area contributed by atoms with Crippen LogP contribution in [-0.2, 0) is 6.42 Å². The smallest absolute Gasteiger partial charge is 0.198 e. The maximum atomic E-state index is 5.76. The summed E-state index contributed by atoms with van der Waals surface area (Å²) in [6.45, 7) is 4.22. The Morgan fingerprint density at radius 2 is 2.50 bits per heavy atom. The number of aromatic nitrogens is 1. The first-order chi connectivity index (χ1) is 7.65. The summed E-state index contributed by atoms with van der Waals surface area (Å²) in [5, 5.41) is 0. The van der Waals surface area contributed by atoms with Gasteiger partial charge >= 0.3 is 0 Å². The third-order valence-corrected chi connectivity index (χ3v) is 3.07. The maximum absolute atomic E-state index is 5.76. The van der Waals surface area contributed by atoms with E-state index < -0.39 is 0 Å². The van der Waals surface area contributed by atoms with Gasteiger partial charge in [0.15, 0.2) is 5.89 Å². The van der Waals surface area contributed by atoms with Crippen LogP contribution >= 0.6 is 0 Å². The predicted octanol–water partition coefficient (Wildman–Crippen LogP) is 1.37. The van der Waals surface area contributed by atoms with Gasteiger partial charge in [0.25, 0.3) is 0 Å². The molecule has 0 bridgehead atoms. The first-order valence-corrected chi connectivity index (χ1v) is 6.04. The van der Waals surface area contributed by atoms with E-state index in [4.69, 9.17) is 10.2 Å². The molecule has 0 spiro atoms. The van der Waals surface area contributed by atoms with Crippen LogP contribution in [0.2, 0.25) is 0 Å². The quantitative estimate of drug-likeness (QED) is 0.841. The summed E-state index contributed by atoms with van der Waals surface area (Å²) < 4.78 is 5.76. The van der Waals surface area contributed by atoms with Crippen LogP contribution in [0.25, 0.3) is 0 Å². The molecule has 1 fully saturated rings. The molecule has 2 atom stereocenters. The van der Waals surface area contributed by atoms with Crippen molar-refractivity contribution >= 4 is 0 Å². The molecule has 0 radical (unpaired) electrons. The molecule has 2 heterocycles. The van der Waals surface area contributed by atoms with Crippen molar-refractivity contribution in [2.45, 2.75) is 38.1 Å². The fourth-order valence-corrected chi connectivity index (χ4v) is 2.29. The average Bonchev–Trinajstić information content (AvgIpc) is 2.65. The lowest BCUT2D eigenvalue weighted by atomic mass is 9.99. The summed E-state index contributed by atoms with van der Waals surface area (Å²) in [6, 6.07) is 0.134. The SMILES string of the molecule is CC(N)Cc1cnc(C2CCCN(C)C2)o1. The number of hydrogen-bond acceptors (Lipinski definition) is 4. The van der Waals surface area contributed by atoms with Crippen LogP contribution in [0.5, 0.6) is 0 Å². The van der Waals surface area contributed by atoms with Crippen molar-refractivity contribution in [3.8, 4) is 0 Å². The van der Waals surface area contributed by atoms with Gasteiger partial charge in [0.2, 0.25) is 0 Å². The molecule has 0 aliphatic carbocycles. The van der Waals surface area contributed by atoms with Crippen LogP contribution in [0.3, 0.4) is 0 Å². The zero-order valence-electron chi connectivity index (χ0n) is 10.1. The fraction of sp³-hybridized carbons (Fsp3) is 0.750. The topological polar surface area (TPSA) is 55.3 Å². The number of likely N-dealkylation sites (tertiary alicyclic amines) is 1. The molecular weight excluding hydrogens is 202 g/mol. The molecule has 2 rings (SSSR count). The van der Waals surface area contributed by atoms with Crippen LogP contribution in [0.1, 0.15) is 37.3 Å². The minimum atomic E-state index is 0.134. The van der Waals surface area contributed by atoms with E-state index in [1.54, 1.807) is 0 Å². The Bertz CT molecular complexity index is 335. The molecule has 2 N–H and O–H groups in total. The second kappa shape index (κ2) is 4.97. The predicted molar refractivity (Wildman–Crippen MR) is 63.3 cm³/mol. The lowest BCUT2D eigenvalue weighted by Crippen LogP contribution is -2.30. The first kappa shape index (κ1) is 11.6. The van der Waals surface area contributed by atoms with Crippen LogP contribution in [0.4, 0.5) is 0 Å². The molecule has 1 saturated heterocycles. The number of nitrogens with two attached hydrogens (primary N) is 1. The van der Waals surface area contributed by atoms with Gasteiger partial charge in [-0.05, 0) is 33.4 Å². The molecule has 4 heteroatoms. The third-order valence-electron chi connectivity index (χ3n) is 3.07. The van der Waals surface area contributed by atoms with E-state index in [2.05, 4.69) is 16.9 Å². The van der Waals surface area contributed by atoms with Crippen molar-refractivity contribution in [2.24, 2.45) is 5.73 Å². The summed E-state index contributed by atoms with van der Waals surface area (Å²) >= 11 is 0. The molecule has 1 aromatic rings. The molecule has 1 aliphatic heterocycles. The zero-order chi connectivity index (χ0) is 11.5. The van der Waals surface area contributed by atoms with Crippen LogP contribution < -0.4 is 5.73 Å². The van der Waals surface area contributed by atoms with Gasteiger partial charge in [0.1, 0.15) is 5.76 Å². The van der Waals surface area contributed by atoms with E-state index in [1.165, 1.54) is 19.4 Å². The van der Waals surface area contributed by atoms with Crippen molar-refractivity contribution < 1.29 is 4.42 Å². The molecule has 0 aromatic carbocycles. The normalized spacial score (nSPS) is 24.6. The second-order valence-electron chi connectivity index (χ2n) is 4.95. The van der Waals surface area contributed by atoms with Gasteiger partial charge in [-0.25, -0.2) is 4.98 Å². The van der Waals surface area contributed by atoms with Gasteiger partial charge in [-0.2, -0.15) is 0 Å². The van der Waals surface area contributed by atoms with Crippen molar-refractivity contribution in [3.05, 3.63) is 17.8 Å². The van der Waals surface area contributed by atoms with Crippen molar-refractivity contribution in [1.82, 2.24) is 9.88 Å². The molecule has 1 aliphatic rings. The van der Waals surface area contributed by atoms with Crippen molar-refractivity contribution in [1.29, 1.82) is 0 Å². The Kier molecular flexibility index (Phi) is 3.61. The highest BCUT2D eigenvalue weighted by atomic mass is 16.4. The second-order valence-corrected chi connectivity index (χ2v) is 4.95. The summed E-state index contributed by atoms with van der Waals surface area (Å²) in [5.74, 6) is 2.26. The summed E-state index contributed by atoms with van der Waals surface area (Å²) in [6.07, 6.45) is 5.01. The molecule has 2 unspecified atom stereocenters. The molecule has 90 valence electrons. The van der Waals surface area contributed by atoms with Gasteiger partial charge in [-0.3, -0.25) is 0 Å². The third kappa shape index (κ3) is 2.83. The lowest BCUT2D eigenvalue weighted by Gasteiger charge is -2.27. The Morgan fingerprint density at radius 1 is 1.69 bits per heavy atom. The number of rotatable bonds is 3. The largest absolute Gasteiger partial charge is 0.445 e. The molecule has 0 saturated carbocycles. The summed E-state index contributed by atoms with van der Waals surface area (Å²) in [7, 11) is 2.15. The molecule has 4 nitrogen and oxygen atoms in total. The highest BCUT2D eigenvalue weighted by Crippen LogP contribution is 2.25. The van der Waals surface area contributed by atoms with Gasteiger partial charge < -0.3 is 15.1 Å². The van der Waals surface area contributed by atoms with E-state index in [0.29, 0.717) is 5.92 Å². The average molecular weight is 223 g/mol. The van der Waals surface area contributed by atoms with E-state index in [9.17, 15) is 0 Å². The van der Waals surface area contributed by atoms with E-state index in [-0.39, 0.29) is 6.04 Å². The first-order valence-electron chi connectivity index (χ1n) is 6.04. The Balaban J connectivity index is 2.00. The fourth-order valence-electron chi connectivity index (χ4n) is 2.29. The standard InChI is InChI=1S/C12H21N3O/c1-9(13)6-11-7-14-12(16-11)10-4-3-5-15(2)8-10/h7,9-10H,3-6,8,13H2,1-2H3. The Labute approximate surface area is 96.8 Å². The van der Waals surface area contributed by atoms with Gasteiger partial charge in [0.05, 0.1) is 6.20 Å². The lowest BCUT2D eigenvalue weighted by molar-refractivity contribution is 0.228. The van der Waals surface area contributed by atoms with Gasteiger partial charge in [0, 0.05) is 24.9 Å². The maximum Gasteiger partial charge on any atom is 0.198 e. The van der Waals surface area contributed by atoms with Crippen molar-refractivity contribution in [3.63, 3.8) is 0 Å². The number of piperidine rings is 1. The number of nitrogens with zero attached hydrogens (tertiary/aromatic N) is 2. The van der Waals surface area contributed by atoms with Gasteiger partial charge in [-0.15, -0.1) is 0 Å². The molecule has 16 heavy (non-hydrogen) atoms. The van der Waals surface area contributed by atoms with E-state index in [1.807, 2.05) is 13.1 Å². The van der Waals surface area contributed by atoms with Gasteiger partial charge in [-0.1, -0.05) is 0 Å². The molecule has 0 amide bonds. The minimum absolute atomic E-state index is 0.134. The van der Waals surface area contributed by atoms with E-state index in [0.717, 1.165) is 24.6 Å². The number of hydrogen-bond donors (Lipinski definition) is 1. The number of likely N-dealkylation sites (N-methyl/N-ethyl adjacent to an activating group) is 1. The molecular formula is C12H21N3O. The van der Waals surface area contributed by atoms with Crippen LogP contribution in [0.15, 0.2) is 10.6 Å². The summed E-state index contributed by atoms with van der Waals surface area (Å²) in [5.41, 5.74) is 5.74. The molecule has 1 aromatic heterocycles. The Hall–Kier alpha value is -0.870. The monoisotopic (exact) mass is 223 g/mol. The summed E-state index contributed by atoms with van der Waals surface area (Å²) in [4.78, 5) is 6.72. The van der Waals surface area contributed by atoms with Crippen LogP contribution in [-0.4, -0.2) is 36.1 Å². The minimum Gasteiger partial charge on any atom is -0.445 e. The number of oxazole rings is 1.